The van der Waals surface area contributed by atoms with Crippen molar-refractivity contribution < 1.29 is 9.53 Å². The van der Waals surface area contributed by atoms with Gasteiger partial charge in [-0.3, -0.25) is 4.79 Å². The molecule has 1 fully saturated rings. The van der Waals surface area contributed by atoms with E-state index in [4.69, 9.17) is 9.73 Å². The molecule has 1 aliphatic heterocycles. The topological polar surface area (TPSA) is 66.0 Å². The highest BCUT2D eigenvalue weighted by molar-refractivity contribution is 14.0. The van der Waals surface area contributed by atoms with Gasteiger partial charge in [-0.1, -0.05) is 12.1 Å². The van der Waals surface area contributed by atoms with Crippen molar-refractivity contribution in [3.63, 3.8) is 0 Å². The number of likely N-dealkylation sites (N-methyl/N-ethyl adjacent to an activating group) is 1. The summed E-state index contributed by atoms with van der Waals surface area (Å²) in [6.45, 7) is 6.72. The average molecular weight is 520 g/mol. The second kappa shape index (κ2) is 12.4. The largest absolute Gasteiger partial charge is 0.484 e. The Morgan fingerprint density at radius 2 is 2.14 bits per heavy atom. The van der Waals surface area contributed by atoms with Crippen molar-refractivity contribution in [2.24, 2.45) is 4.99 Å². The summed E-state index contributed by atoms with van der Waals surface area (Å²) in [6.07, 6.45) is 2.54. The van der Waals surface area contributed by atoms with E-state index in [2.05, 4.69) is 24.5 Å². The Hall–Kier alpha value is -1.16. The molecule has 0 aliphatic carbocycles. The van der Waals surface area contributed by atoms with Crippen molar-refractivity contribution in [2.45, 2.75) is 38.0 Å². The molecular formula is C20H33IN4O2S. The molecule has 2 N–H and O–H groups in total. The highest BCUT2D eigenvalue weighted by atomic mass is 127. The van der Waals surface area contributed by atoms with Crippen LogP contribution in [0.1, 0.15) is 32.3 Å². The van der Waals surface area contributed by atoms with Gasteiger partial charge < -0.3 is 20.3 Å². The van der Waals surface area contributed by atoms with Gasteiger partial charge in [0.05, 0.1) is 6.54 Å². The van der Waals surface area contributed by atoms with Crippen molar-refractivity contribution in [3.05, 3.63) is 29.8 Å². The van der Waals surface area contributed by atoms with E-state index < -0.39 is 0 Å². The molecule has 8 heteroatoms. The Kier molecular flexibility index (Phi) is 11.0. The number of hydrogen-bond acceptors (Lipinski definition) is 4. The van der Waals surface area contributed by atoms with Gasteiger partial charge in [-0.2, -0.15) is 11.8 Å². The second-order valence-electron chi connectivity index (χ2n) is 7.17. The Morgan fingerprint density at radius 1 is 1.36 bits per heavy atom. The van der Waals surface area contributed by atoms with Crippen LogP contribution in [0.2, 0.25) is 0 Å². The van der Waals surface area contributed by atoms with Gasteiger partial charge in [0.15, 0.2) is 12.6 Å². The Labute approximate surface area is 190 Å². The number of halogens is 1. The van der Waals surface area contributed by atoms with Crippen LogP contribution in [0.4, 0.5) is 0 Å². The van der Waals surface area contributed by atoms with Gasteiger partial charge in [0.2, 0.25) is 0 Å². The van der Waals surface area contributed by atoms with Crippen LogP contribution in [0.5, 0.6) is 5.75 Å². The van der Waals surface area contributed by atoms with E-state index in [1.165, 1.54) is 23.5 Å². The number of aliphatic imine (C=N–C) groups is 1. The molecular weight excluding hydrogens is 487 g/mol. The maximum absolute atomic E-state index is 11.7. The summed E-state index contributed by atoms with van der Waals surface area (Å²) in [5.74, 6) is 2.70. The van der Waals surface area contributed by atoms with Gasteiger partial charge in [0.1, 0.15) is 5.75 Å². The first-order chi connectivity index (χ1) is 12.9. The zero-order chi connectivity index (χ0) is 19.7. The van der Waals surface area contributed by atoms with E-state index in [1.807, 2.05) is 36.0 Å². The van der Waals surface area contributed by atoms with Gasteiger partial charge >= 0.3 is 0 Å². The van der Waals surface area contributed by atoms with Crippen molar-refractivity contribution in [1.29, 1.82) is 0 Å². The van der Waals surface area contributed by atoms with E-state index in [0.29, 0.717) is 17.0 Å². The number of rotatable bonds is 8. The standard InChI is InChI=1S/C20H32N4O2S.HI/c1-5-21-19(23-15-20(2)10-7-11-27-20)22-13-16-8-6-9-17(12-16)26-14-18(25)24(3)4;/h6,8-9,12H,5,7,10-11,13-15H2,1-4H3,(H2,21,22,23);1H. The van der Waals surface area contributed by atoms with Crippen molar-refractivity contribution in [1.82, 2.24) is 15.5 Å². The molecule has 1 unspecified atom stereocenters. The van der Waals surface area contributed by atoms with Gasteiger partial charge in [-0.25, -0.2) is 4.99 Å². The monoisotopic (exact) mass is 520 g/mol. The van der Waals surface area contributed by atoms with E-state index in [1.54, 1.807) is 14.1 Å². The molecule has 0 aromatic heterocycles. The minimum Gasteiger partial charge on any atom is -0.484 e. The molecule has 1 aliphatic rings. The van der Waals surface area contributed by atoms with E-state index in [0.717, 1.165) is 24.6 Å². The molecule has 0 spiro atoms. The normalized spacial score (nSPS) is 18.9. The molecule has 158 valence electrons. The number of ether oxygens (including phenoxy) is 1. The molecule has 1 aromatic rings. The van der Waals surface area contributed by atoms with Crippen molar-refractivity contribution in [3.8, 4) is 5.75 Å². The quantitative estimate of drug-likeness (QED) is 0.314. The molecule has 0 radical (unpaired) electrons. The van der Waals surface area contributed by atoms with Gasteiger partial charge in [0, 0.05) is 31.9 Å². The van der Waals surface area contributed by atoms with Crippen LogP contribution in [0.15, 0.2) is 29.3 Å². The maximum Gasteiger partial charge on any atom is 0.259 e. The summed E-state index contributed by atoms with van der Waals surface area (Å²) < 4.78 is 5.87. The Bertz CT molecular complexity index is 649. The van der Waals surface area contributed by atoms with Crippen molar-refractivity contribution in [2.75, 3.05) is 39.5 Å². The number of hydrogen-bond donors (Lipinski definition) is 2. The van der Waals surface area contributed by atoms with Crippen LogP contribution < -0.4 is 15.4 Å². The summed E-state index contributed by atoms with van der Waals surface area (Å²) in [7, 11) is 3.44. The average Bonchev–Trinajstić information content (AvgIpc) is 3.09. The molecule has 1 aromatic carbocycles. The molecule has 6 nitrogen and oxygen atoms in total. The minimum atomic E-state index is -0.0599. The van der Waals surface area contributed by atoms with E-state index in [9.17, 15) is 4.79 Å². The predicted molar refractivity (Wildman–Crippen MR) is 129 cm³/mol. The number of thioether (sulfide) groups is 1. The predicted octanol–water partition coefficient (Wildman–Crippen LogP) is 3.11. The maximum atomic E-state index is 11.7. The molecule has 1 atom stereocenters. The van der Waals surface area contributed by atoms with E-state index >= 15 is 0 Å². The summed E-state index contributed by atoms with van der Waals surface area (Å²) in [5, 5.41) is 6.79. The summed E-state index contributed by atoms with van der Waals surface area (Å²) in [6, 6.07) is 7.74. The van der Waals surface area contributed by atoms with Crippen LogP contribution in [0, 0.1) is 0 Å². The van der Waals surface area contributed by atoms with Crippen LogP contribution in [-0.4, -0.2) is 61.1 Å². The third-order valence-electron chi connectivity index (χ3n) is 4.45. The van der Waals surface area contributed by atoms with Crippen LogP contribution in [-0.2, 0) is 11.3 Å². The first-order valence-electron chi connectivity index (χ1n) is 9.50. The lowest BCUT2D eigenvalue weighted by molar-refractivity contribution is -0.130. The van der Waals surface area contributed by atoms with Gasteiger partial charge in [-0.15, -0.1) is 24.0 Å². The number of benzene rings is 1. The molecule has 2 rings (SSSR count). The molecule has 0 saturated carbocycles. The smallest absolute Gasteiger partial charge is 0.259 e. The molecule has 1 heterocycles. The number of amides is 1. The Morgan fingerprint density at radius 3 is 2.79 bits per heavy atom. The molecule has 1 saturated heterocycles. The first-order valence-corrected chi connectivity index (χ1v) is 10.5. The molecule has 1 amide bonds. The highest BCUT2D eigenvalue weighted by Crippen LogP contribution is 2.36. The highest BCUT2D eigenvalue weighted by Gasteiger charge is 2.29. The van der Waals surface area contributed by atoms with Crippen LogP contribution in [0.25, 0.3) is 0 Å². The van der Waals surface area contributed by atoms with Crippen LogP contribution in [0.3, 0.4) is 0 Å². The Balaban J connectivity index is 0.00000392. The zero-order valence-corrected chi connectivity index (χ0v) is 20.4. The first kappa shape index (κ1) is 24.9. The second-order valence-corrected chi connectivity index (χ2v) is 8.86. The summed E-state index contributed by atoms with van der Waals surface area (Å²) in [5.41, 5.74) is 1.04. The van der Waals surface area contributed by atoms with Gasteiger partial charge in [0.25, 0.3) is 5.91 Å². The lowest BCUT2D eigenvalue weighted by Crippen LogP contribution is -2.43. The number of nitrogens with one attached hydrogen (secondary N) is 2. The molecule has 28 heavy (non-hydrogen) atoms. The molecule has 0 bridgehead atoms. The number of carbonyl (C=O) groups is 1. The lowest BCUT2D eigenvalue weighted by Gasteiger charge is -2.24. The fraction of sp³-hybridized carbons (Fsp3) is 0.600. The third kappa shape index (κ3) is 8.46. The fourth-order valence-electron chi connectivity index (χ4n) is 2.77. The van der Waals surface area contributed by atoms with Crippen molar-refractivity contribution >= 4 is 47.6 Å². The SMILES string of the molecule is CCNC(=NCc1cccc(OCC(=O)N(C)C)c1)NCC1(C)CCCS1.I. The summed E-state index contributed by atoms with van der Waals surface area (Å²) >= 11 is 2.04. The minimum absolute atomic E-state index is 0. The zero-order valence-electron chi connectivity index (χ0n) is 17.3. The lowest BCUT2D eigenvalue weighted by atomic mass is 10.1. The van der Waals surface area contributed by atoms with E-state index in [-0.39, 0.29) is 36.5 Å². The van der Waals surface area contributed by atoms with Crippen LogP contribution >= 0.6 is 35.7 Å². The fourth-order valence-corrected chi connectivity index (χ4v) is 4.01. The summed E-state index contributed by atoms with van der Waals surface area (Å²) in [4.78, 5) is 17.9. The number of carbonyl (C=O) groups excluding carboxylic acids is 1. The van der Waals surface area contributed by atoms with Gasteiger partial charge in [-0.05, 0) is 50.1 Å². The third-order valence-corrected chi connectivity index (χ3v) is 5.99. The number of guanidine groups is 1. The number of nitrogens with zero attached hydrogens (tertiary/aromatic N) is 2.